The molecule has 3 heterocycles. The summed E-state index contributed by atoms with van der Waals surface area (Å²) >= 11 is 7.10. The number of rotatable bonds is 2. The number of ether oxygens (including phenoxy) is 1. The Morgan fingerprint density at radius 1 is 1.41 bits per heavy atom. The van der Waals surface area contributed by atoms with E-state index >= 15 is 0 Å². The van der Waals surface area contributed by atoms with Gasteiger partial charge in [-0.15, -0.1) is 11.3 Å². The lowest BCUT2D eigenvalue weighted by Gasteiger charge is -2.22. The first-order valence-corrected chi connectivity index (χ1v) is 8.00. The first kappa shape index (κ1) is 15.4. The second-order valence-corrected chi connectivity index (χ2v) is 6.26. The molecule has 0 aliphatic carbocycles. The third-order valence-electron chi connectivity index (χ3n) is 3.10. The van der Waals surface area contributed by atoms with Crippen molar-refractivity contribution >= 4 is 22.9 Å². The molecular weight excluding hydrogens is 325 g/mol. The van der Waals surface area contributed by atoms with Crippen molar-refractivity contribution in [3.63, 3.8) is 0 Å². The molecule has 0 bridgehead atoms. The molecule has 114 valence electrons. The lowest BCUT2D eigenvalue weighted by atomic mass is 10.2. The highest BCUT2D eigenvalue weighted by molar-refractivity contribution is 7.12. The fourth-order valence-electron chi connectivity index (χ4n) is 2.04. The van der Waals surface area contributed by atoms with Gasteiger partial charge >= 0.3 is 0 Å². The molecule has 0 radical (unpaired) electrons. The summed E-state index contributed by atoms with van der Waals surface area (Å²) in [5.41, 5.74) is 0.221. The zero-order chi connectivity index (χ0) is 15.4. The van der Waals surface area contributed by atoms with Gasteiger partial charge in [0.15, 0.2) is 0 Å². The van der Waals surface area contributed by atoms with Crippen LogP contribution >= 0.6 is 22.9 Å². The van der Waals surface area contributed by atoms with E-state index in [1.807, 2.05) is 0 Å². The number of hydrogen-bond acceptors (Lipinski definition) is 5. The van der Waals surface area contributed by atoms with Crippen molar-refractivity contribution in [3.05, 3.63) is 44.9 Å². The van der Waals surface area contributed by atoms with E-state index in [9.17, 15) is 4.39 Å². The maximum absolute atomic E-state index is 13.6. The number of halogens is 2. The third-order valence-corrected chi connectivity index (χ3v) is 4.24. The van der Waals surface area contributed by atoms with Gasteiger partial charge in [0.25, 0.3) is 0 Å². The number of nitrogens with one attached hydrogen (secondary N) is 1. The van der Waals surface area contributed by atoms with Crippen LogP contribution in [0, 0.1) is 17.7 Å². The molecule has 0 saturated carbocycles. The fraction of sp³-hybridized carbons (Fsp3) is 0.333. The molecule has 0 spiro atoms. The molecule has 4 nitrogen and oxygen atoms in total. The third kappa shape index (κ3) is 4.02. The van der Waals surface area contributed by atoms with Crippen LogP contribution in [-0.2, 0) is 11.2 Å². The molecule has 0 amide bonds. The van der Waals surface area contributed by atoms with Gasteiger partial charge < -0.3 is 10.1 Å². The van der Waals surface area contributed by atoms with Crippen LogP contribution in [0.2, 0.25) is 5.15 Å². The summed E-state index contributed by atoms with van der Waals surface area (Å²) in [4.78, 5) is 8.94. The van der Waals surface area contributed by atoms with Crippen molar-refractivity contribution in [1.82, 2.24) is 15.3 Å². The van der Waals surface area contributed by atoms with Gasteiger partial charge in [0.2, 0.25) is 0 Å². The summed E-state index contributed by atoms with van der Waals surface area (Å²) in [6.45, 7) is 2.46. The molecule has 2 aromatic rings. The molecule has 1 aliphatic heterocycles. The zero-order valence-electron chi connectivity index (χ0n) is 11.6. The predicted molar refractivity (Wildman–Crippen MR) is 83.6 cm³/mol. The first-order chi connectivity index (χ1) is 10.7. The Morgan fingerprint density at radius 3 is 3.09 bits per heavy atom. The highest BCUT2D eigenvalue weighted by Gasteiger charge is 2.15. The Bertz CT molecular complexity index is 719. The Balaban J connectivity index is 1.68. The lowest BCUT2D eigenvalue weighted by molar-refractivity contribution is 0.0292. The maximum atomic E-state index is 13.6. The van der Waals surface area contributed by atoms with Gasteiger partial charge in [-0.3, -0.25) is 0 Å². The normalized spacial score (nSPS) is 17.8. The SMILES string of the molecule is Fc1cc(Cl)ncc1C#Cc1cnc(CC2CNCCO2)s1. The fourth-order valence-corrected chi connectivity index (χ4v) is 3.02. The van der Waals surface area contributed by atoms with Crippen molar-refractivity contribution in [2.45, 2.75) is 12.5 Å². The predicted octanol–water partition coefficient (Wildman–Crippen LogP) is 2.26. The van der Waals surface area contributed by atoms with Gasteiger partial charge in [-0.05, 0) is 5.92 Å². The molecular formula is C15H13ClFN3OS. The Kier molecular flexibility index (Phi) is 5.01. The minimum atomic E-state index is -0.473. The number of hydrogen-bond donors (Lipinski definition) is 1. The molecule has 3 rings (SSSR count). The van der Waals surface area contributed by atoms with E-state index in [1.165, 1.54) is 17.5 Å². The smallest absolute Gasteiger partial charge is 0.143 e. The maximum Gasteiger partial charge on any atom is 0.143 e. The van der Waals surface area contributed by atoms with Crippen molar-refractivity contribution in [2.24, 2.45) is 0 Å². The largest absolute Gasteiger partial charge is 0.375 e. The van der Waals surface area contributed by atoms with E-state index in [-0.39, 0.29) is 16.8 Å². The molecule has 0 aromatic carbocycles. The van der Waals surface area contributed by atoms with Gasteiger partial charge in [0.05, 0.1) is 34.4 Å². The summed E-state index contributed by atoms with van der Waals surface area (Å²) < 4.78 is 19.2. The van der Waals surface area contributed by atoms with Crippen molar-refractivity contribution in [3.8, 4) is 11.8 Å². The molecule has 1 saturated heterocycles. The van der Waals surface area contributed by atoms with E-state index in [0.717, 1.165) is 42.1 Å². The molecule has 1 atom stereocenters. The molecule has 1 N–H and O–H groups in total. The topological polar surface area (TPSA) is 47.0 Å². The van der Waals surface area contributed by atoms with Crippen LogP contribution in [0.3, 0.4) is 0 Å². The number of morpholine rings is 1. The number of nitrogens with zero attached hydrogens (tertiary/aromatic N) is 2. The van der Waals surface area contributed by atoms with Crippen LogP contribution in [-0.4, -0.2) is 35.8 Å². The Hall–Kier alpha value is -1.52. The zero-order valence-corrected chi connectivity index (χ0v) is 13.2. The average molecular weight is 338 g/mol. The summed E-state index contributed by atoms with van der Waals surface area (Å²) in [5, 5.41) is 4.36. The molecule has 1 fully saturated rings. The summed E-state index contributed by atoms with van der Waals surface area (Å²) in [7, 11) is 0. The Morgan fingerprint density at radius 2 is 2.32 bits per heavy atom. The van der Waals surface area contributed by atoms with Gasteiger partial charge in [0, 0.05) is 31.8 Å². The van der Waals surface area contributed by atoms with Crippen LogP contribution in [0.15, 0.2) is 18.5 Å². The molecule has 1 unspecified atom stereocenters. The van der Waals surface area contributed by atoms with Crippen LogP contribution < -0.4 is 5.32 Å². The monoisotopic (exact) mass is 337 g/mol. The lowest BCUT2D eigenvalue weighted by Crippen LogP contribution is -2.39. The quantitative estimate of drug-likeness (QED) is 0.674. The van der Waals surface area contributed by atoms with Crippen LogP contribution in [0.4, 0.5) is 4.39 Å². The van der Waals surface area contributed by atoms with Crippen LogP contribution in [0.25, 0.3) is 0 Å². The first-order valence-electron chi connectivity index (χ1n) is 6.81. The van der Waals surface area contributed by atoms with Crippen molar-refractivity contribution in [1.29, 1.82) is 0 Å². The summed E-state index contributed by atoms with van der Waals surface area (Å²) in [6, 6.07) is 1.15. The van der Waals surface area contributed by atoms with Crippen molar-refractivity contribution < 1.29 is 9.13 Å². The van der Waals surface area contributed by atoms with Gasteiger partial charge in [-0.2, -0.15) is 0 Å². The van der Waals surface area contributed by atoms with E-state index in [4.69, 9.17) is 16.3 Å². The second kappa shape index (κ2) is 7.16. The number of thiazole rings is 1. The molecule has 22 heavy (non-hydrogen) atoms. The minimum Gasteiger partial charge on any atom is -0.375 e. The van der Waals surface area contributed by atoms with E-state index in [2.05, 4.69) is 27.1 Å². The van der Waals surface area contributed by atoms with Gasteiger partial charge in [-0.1, -0.05) is 17.5 Å². The average Bonchev–Trinajstić information content (AvgIpc) is 2.95. The summed E-state index contributed by atoms with van der Waals surface area (Å²) in [6.07, 6.45) is 3.94. The number of pyridine rings is 1. The van der Waals surface area contributed by atoms with Gasteiger partial charge in [0.1, 0.15) is 11.0 Å². The second-order valence-electron chi connectivity index (χ2n) is 4.76. The van der Waals surface area contributed by atoms with Crippen molar-refractivity contribution in [2.75, 3.05) is 19.7 Å². The van der Waals surface area contributed by atoms with Crippen LogP contribution in [0.5, 0.6) is 0 Å². The standard InChI is InChI=1S/C15H13ClFN3OS/c16-14-6-13(17)10(7-19-14)1-2-12-9-20-15(22-12)5-11-8-18-3-4-21-11/h6-7,9,11,18H,3-5,8H2. The van der Waals surface area contributed by atoms with E-state index < -0.39 is 5.82 Å². The van der Waals surface area contributed by atoms with Gasteiger partial charge in [-0.25, -0.2) is 14.4 Å². The molecule has 7 heteroatoms. The minimum absolute atomic E-state index is 0.115. The summed E-state index contributed by atoms with van der Waals surface area (Å²) in [5.74, 6) is 5.19. The van der Waals surface area contributed by atoms with E-state index in [1.54, 1.807) is 6.20 Å². The number of aromatic nitrogens is 2. The highest BCUT2D eigenvalue weighted by Crippen LogP contribution is 2.16. The Labute approximate surface area is 136 Å². The van der Waals surface area contributed by atoms with E-state index in [0.29, 0.717) is 0 Å². The highest BCUT2D eigenvalue weighted by atomic mass is 35.5. The van der Waals surface area contributed by atoms with Crippen LogP contribution in [0.1, 0.15) is 15.4 Å². The molecule has 1 aliphatic rings. The molecule has 2 aromatic heterocycles.